The Hall–Kier alpha value is -3.86. The molecule has 3 aromatic rings. The quantitative estimate of drug-likeness (QED) is 0.404. The Morgan fingerprint density at radius 1 is 0.975 bits per heavy atom. The number of rotatable bonds is 10. The molecule has 10 heteroatoms. The minimum absolute atomic E-state index is 0.136. The average Bonchev–Trinajstić information content (AvgIpc) is 3.56. The number of H-pyrrole nitrogens is 1. The molecule has 0 bridgehead atoms. The van der Waals surface area contributed by atoms with Gasteiger partial charge >= 0.3 is 0 Å². The van der Waals surface area contributed by atoms with Crippen molar-refractivity contribution in [2.45, 2.75) is 39.1 Å². The fraction of sp³-hybridized carbons (Fsp3) is 0.400. The monoisotopic (exact) mass is 544 g/mol. The number of carbonyl (C=O) groups excluding carboxylic acids is 3. The summed E-state index contributed by atoms with van der Waals surface area (Å²) in [5.74, 6) is 0.294. The third-order valence-electron chi connectivity index (χ3n) is 7.62. The molecule has 0 aliphatic carbocycles. The van der Waals surface area contributed by atoms with Gasteiger partial charge in [-0.1, -0.05) is 42.5 Å². The Bertz CT molecular complexity index is 1330. The number of piperazine rings is 1. The van der Waals surface area contributed by atoms with Crippen molar-refractivity contribution < 1.29 is 19.1 Å². The van der Waals surface area contributed by atoms with E-state index in [1.165, 1.54) is 7.11 Å². The van der Waals surface area contributed by atoms with Crippen LogP contribution in [0, 0.1) is 0 Å². The smallest absolute Gasteiger partial charge is 0.256 e. The molecule has 5 rings (SSSR count). The summed E-state index contributed by atoms with van der Waals surface area (Å²) in [7, 11) is 1.53. The van der Waals surface area contributed by atoms with Crippen molar-refractivity contribution in [2.75, 3.05) is 45.2 Å². The molecular formula is C30H36N6O4. The molecule has 3 heterocycles. The van der Waals surface area contributed by atoms with Gasteiger partial charge in [0.25, 0.3) is 11.8 Å². The van der Waals surface area contributed by atoms with Crippen LogP contribution >= 0.6 is 0 Å². The number of amides is 2. The molecule has 2 aliphatic heterocycles. The van der Waals surface area contributed by atoms with Crippen LogP contribution in [0.5, 0.6) is 0 Å². The van der Waals surface area contributed by atoms with Gasteiger partial charge in [-0.05, 0) is 30.2 Å². The fourth-order valence-electron chi connectivity index (χ4n) is 5.26. The highest BCUT2D eigenvalue weighted by atomic mass is 16.5. The van der Waals surface area contributed by atoms with Crippen LogP contribution in [-0.2, 0) is 34.0 Å². The fourth-order valence-corrected chi connectivity index (χ4v) is 5.26. The van der Waals surface area contributed by atoms with Crippen molar-refractivity contribution in [1.82, 2.24) is 24.9 Å². The van der Waals surface area contributed by atoms with Crippen molar-refractivity contribution in [3.05, 3.63) is 82.5 Å². The number of hydrogen-bond donors (Lipinski definition) is 2. The molecule has 210 valence electrons. The van der Waals surface area contributed by atoms with Gasteiger partial charge in [-0.2, -0.15) is 5.10 Å². The van der Waals surface area contributed by atoms with E-state index in [0.29, 0.717) is 30.9 Å². The summed E-state index contributed by atoms with van der Waals surface area (Å²) in [4.78, 5) is 43.9. The van der Waals surface area contributed by atoms with Crippen molar-refractivity contribution in [1.29, 1.82) is 0 Å². The molecule has 0 unspecified atom stereocenters. The maximum atomic E-state index is 13.2. The van der Waals surface area contributed by atoms with E-state index in [-0.39, 0.29) is 17.6 Å². The Balaban J connectivity index is 1.14. The second-order valence-electron chi connectivity index (χ2n) is 10.5. The molecule has 2 aliphatic rings. The topological polar surface area (TPSA) is 111 Å². The van der Waals surface area contributed by atoms with E-state index in [4.69, 9.17) is 4.74 Å². The van der Waals surface area contributed by atoms with Crippen LogP contribution in [0.3, 0.4) is 0 Å². The molecule has 1 atom stereocenters. The van der Waals surface area contributed by atoms with E-state index >= 15 is 0 Å². The van der Waals surface area contributed by atoms with Crippen LogP contribution in [0.15, 0.2) is 54.6 Å². The largest absolute Gasteiger partial charge is 0.367 e. The first kappa shape index (κ1) is 27.7. The van der Waals surface area contributed by atoms with Crippen LogP contribution in [0.1, 0.15) is 52.2 Å². The summed E-state index contributed by atoms with van der Waals surface area (Å²) in [6.45, 7) is 7.86. The molecule has 1 aromatic heterocycles. The summed E-state index contributed by atoms with van der Waals surface area (Å²) < 4.78 is 5.52. The molecule has 0 radical (unpaired) electrons. The Morgan fingerprint density at radius 2 is 1.68 bits per heavy atom. The molecule has 0 spiro atoms. The summed E-state index contributed by atoms with van der Waals surface area (Å²) in [6.07, 6.45) is -0.0749. The van der Waals surface area contributed by atoms with Gasteiger partial charge in [-0.3, -0.25) is 24.4 Å². The van der Waals surface area contributed by atoms with Crippen LogP contribution in [-0.4, -0.2) is 82.3 Å². The van der Waals surface area contributed by atoms with E-state index in [0.717, 1.165) is 61.7 Å². The van der Waals surface area contributed by atoms with Gasteiger partial charge in [-0.25, -0.2) is 0 Å². The van der Waals surface area contributed by atoms with Gasteiger partial charge in [0.2, 0.25) is 0 Å². The number of anilines is 1. The van der Waals surface area contributed by atoms with E-state index in [1.54, 1.807) is 11.8 Å². The zero-order valence-electron chi connectivity index (χ0n) is 23.1. The number of fused-ring (bicyclic) bond motifs is 1. The van der Waals surface area contributed by atoms with E-state index in [2.05, 4.69) is 25.3 Å². The molecule has 1 saturated heterocycles. The van der Waals surface area contributed by atoms with Gasteiger partial charge in [0.1, 0.15) is 5.78 Å². The third kappa shape index (κ3) is 6.47. The highest BCUT2D eigenvalue weighted by Gasteiger charge is 2.33. The Morgan fingerprint density at radius 3 is 2.35 bits per heavy atom. The first-order valence-corrected chi connectivity index (χ1v) is 13.7. The molecule has 0 saturated carbocycles. The zero-order valence-corrected chi connectivity index (χ0v) is 23.1. The van der Waals surface area contributed by atoms with Crippen molar-refractivity contribution in [3.8, 4) is 0 Å². The lowest BCUT2D eigenvalue weighted by Gasteiger charge is -2.34. The molecule has 40 heavy (non-hydrogen) atoms. The zero-order chi connectivity index (χ0) is 28.1. The number of ether oxygens (including phenoxy) is 1. The van der Waals surface area contributed by atoms with Gasteiger partial charge in [0.05, 0.1) is 18.8 Å². The number of aromatic amines is 1. The van der Waals surface area contributed by atoms with E-state index in [9.17, 15) is 14.4 Å². The number of nitrogens with one attached hydrogen (secondary N) is 2. The molecule has 10 nitrogen and oxygen atoms in total. The van der Waals surface area contributed by atoms with Crippen molar-refractivity contribution >= 4 is 23.4 Å². The Kier molecular flexibility index (Phi) is 8.69. The first-order chi connectivity index (χ1) is 19.4. The molecule has 2 amide bonds. The summed E-state index contributed by atoms with van der Waals surface area (Å²) in [6, 6.07) is 17.0. The number of ketones is 1. The lowest BCUT2D eigenvalue weighted by atomic mass is 10.1. The third-order valence-corrected chi connectivity index (χ3v) is 7.62. The number of carbonyl (C=O) groups is 3. The summed E-state index contributed by atoms with van der Waals surface area (Å²) in [5, 5.41) is 10.2. The standard InChI is InChI=1S/C30H36N6O4/c1-21(37)12-13-34-14-16-35(17-15-34)18-22-8-10-24(11-9-22)29(38)31-28-25-19-36(20-26(25)32-33-28)30(39)27(40-2)23-6-4-3-5-7-23/h3-11,27H,12-20H2,1-2H3,(H2,31,32,33,38)/t27-/m0/s1. The number of aromatic nitrogens is 2. The summed E-state index contributed by atoms with van der Waals surface area (Å²) in [5.41, 5.74) is 4.11. The highest BCUT2D eigenvalue weighted by molar-refractivity contribution is 6.04. The lowest BCUT2D eigenvalue weighted by molar-refractivity contribution is -0.143. The van der Waals surface area contributed by atoms with Gasteiger partial charge in [0.15, 0.2) is 11.9 Å². The number of nitrogens with zero attached hydrogens (tertiary/aromatic N) is 4. The SMILES string of the molecule is CO[C@H](C(=O)N1Cc2[nH]nc(NC(=O)c3ccc(CN4CCN(CCC(C)=O)CC4)cc3)c2C1)c1ccccc1. The van der Waals surface area contributed by atoms with Gasteiger partial charge in [0, 0.05) is 63.9 Å². The van der Waals surface area contributed by atoms with Crippen LogP contribution in [0.2, 0.25) is 0 Å². The average molecular weight is 545 g/mol. The maximum absolute atomic E-state index is 13.2. The maximum Gasteiger partial charge on any atom is 0.256 e. The number of methoxy groups -OCH3 is 1. The molecule has 2 N–H and O–H groups in total. The van der Waals surface area contributed by atoms with Crippen molar-refractivity contribution in [3.63, 3.8) is 0 Å². The predicted octanol–water partition coefficient (Wildman–Crippen LogP) is 2.99. The van der Waals surface area contributed by atoms with E-state index < -0.39 is 6.10 Å². The second-order valence-corrected chi connectivity index (χ2v) is 10.5. The van der Waals surface area contributed by atoms with E-state index in [1.807, 2.05) is 54.6 Å². The minimum atomic E-state index is -0.690. The van der Waals surface area contributed by atoms with Crippen LogP contribution in [0.4, 0.5) is 5.82 Å². The minimum Gasteiger partial charge on any atom is -0.367 e. The van der Waals surface area contributed by atoms with Gasteiger partial charge in [-0.15, -0.1) is 0 Å². The molecular weight excluding hydrogens is 508 g/mol. The molecule has 2 aromatic carbocycles. The normalized spacial score (nSPS) is 16.5. The highest BCUT2D eigenvalue weighted by Crippen LogP contribution is 2.30. The number of benzene rings is 2. The molecule has 1 fully saturated rings. The number of hydrogen-bond acceptors (Lipinski definition) is 7. The second kappa shape index (κ2) is 12.5. The first-order valence-electron chi connectivity index (χ1n) is 13.7. The summed E-state index contributed by atoms with van der Waals surface area (Å²) >= 11 is 0. The lowest BCUT2D eigenvalue weighted by Crippen LogP contribution is -2.46. The van der Waals surface area contributed by atoms with Gasteiger partial charge < -0.3 is 19.9 Å². The Labute approximate surface area is 234 Å². The predicted molar refractivity (Wildman–Crippen MR) is 150 cm³/mol. The van der Waals surface area contributed by atoms with Crippen LogP contribution in [0.25, 0.3) is 0 Å². The van der Waals surface area contributed by atoms with Crippen molar-refractivity contribution in [2.24, 2.45) is 0 Å². The van der Waals surface area contributed by atoms with Crippen LogP contribution < -0.4 is 5.32 Å². The number of Topliss-reactive ketones (excluding diaryl/α,β-unsaturated/α-hetero) is 1.